The van der Waals surface area contributed by atoms with E-state index in [9.17, 15) is 0 Å². The lowest BCUT2D eigenvalue weighted by Gasteiger charge is -2.22. The van der Waals surface area contributed by atoms with E-state index in [0.717, 1.165) is 23.7 Å². The van der Waals surface area contributed by atoms with Crippen molar-refractivity contribution in [2.45, 2.75) is 19.1 Å². The molecular weight excluding hydrogens is 301 g/mol. The van der Waals surface area contributed by atoms with Crippen molar-refractivity contribution in [2.75, 3.05) is 6.54 Å². The lowest BCUT2D eigenvalue weighted by Crippen LogP contribution is -2.27. The average Bonchev–Trinajstić information content (AvgIpc) is 3.02. The van der Waals surface area contributed by atoms with Gasteiger partial charge in [-0.2, -0.15) is 0 Å². The maximum Gasteiger partial charge on any atom is 0.107 e. The predicted octanol–water partition coefficient (Wildman–Crippen LogP) is 3.47. The highest BCUT2D eigenvalue weighted by Gasteiger charge is 2.31. The van der Waals surface area contributed by atoms with Crippen LogP contribution in [0.1, 0.15) is 22.2 Å². The monoisotopic (exact) mass is 313 g/mol. The molecule has 0 bridgehead atoms. The van der Waals surface area contributed by atoms with Gasteiger partial charge in [0.1, 0.15) is 5.01 Å². The number of hydrogen-bond donors (Lipinski definition) is 1. The van der Waals surface area contributed by atoms with Crippen molar-refractivity contribution >= 4 is 34.5 Å². The third-order valence-corrected chi connectivity index (χ3v) is 5.05. The van der Waals surface area contributed by atoms with E-state index in [2.05, 4.69) is 9.88 Å². The van der Waals surface area contributed by atoms with Gasteiger partial charge in [-0.25, -0.2) is 4.98 Å². The molecule has 0 saturated heterocycles. The second kappa shape index (κ2) is 5.38. The van der Waals surface area contributed by atoms with Gasteiger partial charge in [0, 0.05) is 30.7 Å². The number of thiazole rings is 1. The van der Waals surface area contributed by atoms with Crippen molar-refractivity contribution in [2.24, 2.45) is 5.73 Å². The molecule has 3 rings (SSSR count). The Morgan fingerprint density at radius 3 is 2.95 bits per heavy atom. The third-order valence-electron chi connectivity index (χ3n) is 3.44. The molecule has 0 amide bonds. The number of rotatable bonds is 3. The van der Waals surface area contributed by atoms with E-state index in [4.69, 9.17) is 28.9 Å². The minimum atomic E-state index is 0.189. The van der Waals surface area contributed by atoms with E-state index in [1.165, 1.54) is 5.56 Å². The molecule has 1 aromatic heterocycles. The van der Waals surface area contributed by atoms with Crippen molar-refractivity contribution in [3.8, 4) is 0 Å². The van der Waals surface area contributed by atoms with Crippen LogP contribution in [0.3, 0.4) is 0 Å². The summed E-state index contributed by atoms with van der Waals surface area (Å²) in [5, 5.41) is 4.33. The van der Waals surface area contributed by atoms with Gasteiger partial charge in [0.25, 0.3) is 0 Å². The number of benzene rings is 1. The molecule has 2 heterocycles. The first-order valence-electron chi connectivity index (χ1n) is 6.00. The molecule has 1 aliphatic rings. The van der Waals surface area contributed by atoms with Gasteiger partial charge in [-0.05, 0) is 17.2 Å². The summed E-state index contributed by atoms with van der Waals surface area (Å²) in [4.78, 5) is 6.63. The van der Waals surface area contributed by atoms with Crippen LogP contribution in [-0.2, 0) is 13.1 Å². The second-order valence-corrected chi connectivity index (χ2v) is 6.28. The topological polar surface area (TPSA) is 42.1 Å². The molecule has 0 saturated carbocycles. The number of fused-ring (bicyclic) bond motifs is 1. The van der Waals surface area contributed by atoms with E-state index in [0.29, 0.717) is 16.6 Å². The molecular formula is C13H13Cl2N3S. The van der Waals surface area contributed by atoms with Crippen LogP contribution < -0.4 is 5.73 Å². The second-order valence-electron chi connectivity index (χ2n) is 4.51. The zero-order chi connectivity index (χ0) is 13.4. The fourth-order valence-corrected chi connectivity index (χ4v) is 3.59. The van der Waals surface area contributed by atoms with Crippen LogP contribution in [0.2, 0.25) is 10.0 Å². The lowest BCUT2D eigenvalue weighted by molar-refractivity contribution is 0.210. The number of hydrogen-bond acceptors (Lipinski definition) is 4. The molecule has 2 aromatic rings. The van der Waals surface area contributed by atoms with E-state index in [-0.39, 0.29) is 6.04 Å². The summed E-state index contributed by atoms with van der Waals surface area (Å²) in [5.41, 5.74) is 8.21. The first kappa shape index (κ1) is 13.3. The molecule has 1 unspecified atom stereocenters. The fraction of sp³-hybridized carbons (Fsp3) is 0.308. The van der Waals surface area contributed by atoms with E-state index in [1.807, 2.05) is 23.7 Å². The third kappa shape index (κ3) is 2.39. The summed E-state index contributed by atoms with van der Waals surface area (Å²) in [5.74, 6) is 0. The van der Waals surface area contributed by atoms with E-state index < -0.39 is 0 Å². The average molecular weight is 314 g/mol. The standard InChI is InChI=1S/C13H13Cl2N3S/c14-10-2-1-8-9(13(10)15)6-18(11(8)5-16)7-12-17-3-4-19-12/h1-4,11H,5-7,16H2. The van der Waals surface area contributed by atoms with Crippen LogP contribution in [-0.4, -0.2) is 16.4 Å². The molecule has 0 spiro atoms. The van der Waals surface area contributed by atoms with Gasteiger partial charge in [-0.15, -0.1) is 11.3 Å². The molecule has 1 aliphatic heterocycles. The quantitative estimate of drug-likeness (QED) is 0.943. The van der Waals surface area contributed by atoms with Gasteiger partial charge >= 0.3 is 0 Å². The Morgan fingerprint density at radius 1 is 1.42 bits per heavy atom. The van der Waals surface area contributed by atoms with E-state index in [1.54, 1.807) is 11.3 Å². The van der Waals surface area contributed by atoms with Crippen LogP contribution >= 0.6 is 34.5 Å². The first-order valence-corrected chi connectivity index (χ1v) is 7.63. The molecule has 3 nitrogen and oxygen atoms in total. The highest BCUT2D eigenvalue weighted by atomic mass is 35.5. The molecule has 6 heteroatoms. The van der Waals surface area contributed by atoms with Gasteiger partial charge in [0.15, 0.2) is 0 Å². The van der Waals surface area contributed by atoms with Crippen molar-refractivity contribution in [1.29, 1.82) is 0 Å². The van der Waals surface area contributed by atoms with Crippen molar-refractivity contribution < 1.29 is 0 Å². The summed E-state index contributed by atoms with van der Waals surface area (Å²) in [6, 6.07) is 4.06. The predicted molar refractivity (Wildman–Crippen MR) is 79.6 cm³/mol. The van der Waals surface area contributed by atoms with Gasteiger partial charge in [0.05, 0.1) is 16.6 Å². The molecule has 19 heavy (non-hydrogen) atoms. The zero-order valence-corrected chi connectivity index (χ0v) is 12.5. The Morgan fingerprint density at radius 2 is 2.26 bits per heavy atom. The molecule has 1 atom stereocenters. The van der Waals surface area contributed by atoms with Gasteiger partial charge in [-0.3, -0.25) is 4.90 Å². The summed E-state index contributed by atoms with van der Waals surface area (Å²) < 4.78 is 0. The number of nitrogens with zero attached hydrogens (tertiary/aromatic N) is 2. The lowest BCUT2D eigenvalue weighted by atomic mass is 10.1. The summed E-state index contributed by atoms with van der Waals surface area (Å²) in [6.45, 7) is 2.13. The Kier molecular flexibility index (Phi) is 3.78. The van der Waals surface area contributed by atoms with Crippen LogP contribution in [0.5, 0.6) is 0 Å². The van der Waals surface area contributed by atoms with Crippen molar-refractivity contribution in [3.05, 3.63) is 49.9 Å². The number of nitrogens with two attached hydrogens (primary N) is 1. The van der Waals surface area contributed by atoms with Gasteiger partial charge in [0.2, 0.25) is 0 Å². The molecule has 1 aromatic carbocycles. The maximum absolute atomic E-state index is 6.30. The summed E-state index contributed by atoms with van der Waals surface area (Å²) in [6.07, 6.45) is 1.82. The number of aromatic nitrogens is 1. The highest BCUT2D eigenvalue weighted by Crippen LogP contribution is 2.40. The zero-order valence-electron chi connectivity index (χ0n) is 10.1. The highest BCUT2D eigenvalue weighted by molar-refractivity contribution is 7.09. The SMILES string of the molecule is NCC1c2ccc(Cl)c(Cl)c2CN1Cc1nccs1. The maximum atomic E-state index is 6.30. The number of halogens is 2. The Bertz CT molecular complexity index is 586. The molecule has 0 radical (unpaired) electrons. The minimum Gasteiger partial charge on any atom is -0.329 e. The Balaban J connectivity index is 1.92. The Hall–Kier alpha value is -0.650. The largest absolute Gasteiger partial charge is 0.329 e. The van der Waals surface area contributed by atoms with Crippen molar-refractivity contribution in [1.82, 2.24) is 9.88 Å². The van der Waals surface area contributed by atoms with Crippen LogP contribution in [0, 0.1) is 0 Å². The van der Waals surface area contributed by atoms with Crippen LogP contribution in [0.4, 0.5) is 0 Å². The molecule has 100 valence electrons. The molecule has 0 fully saturated rings. The summed E-state index contributed by atoms with van der Waals surface area (Å²) in [7, 11) is 0. The van der Waals surface area contributed by atoms with Gasteiger partial charge in [-0.1, -0.05) is 29.3 Å². The first-order chi connectivity index (χ1) is 9.20. The minimum absolute atomic E-state index is 0.189. The fourth-order valence-electron chi connectivity index (χ4n) is 2.54. The normalized spacial score (nSPS) is 18.8. The van der Waals surface area contributed by atoms with Crippen molar-refractivity contribution in [3.63, 3.8) is 0 Å². The molecule has 2 N–H and O–H groups in total. The van der Waals surface area contributed by atoms with Crippen LogP contribution in [0.15, 0.2) is 23.7 Å². The summed E-state index contributed by atoms with van der Waals surface area (Å²) >= 11 is 14.0. The van der Waals surface area contributed by atoms with Crippen LogP contribution in [0.25, 0.3) is 0 Å². The van der Waals surface area contributed by atoms with Gasteiger partial charge < -0.3 is 5.73 Å². The Labute approximate surface area is 126 Å². The van der Waals surface area contributed by atoms with E-state index >= 15 is 0 Å². The smallest absolute Gasteiger partial charge is 0.107 e. The molecule has 0 aliphatic carbocycles.